The van der Waals surface area contributed by atoms with Crippen LogP contribution in [0.25, 0.3) is 0 Å². The minimum absolute atomic E-state index is 0.206. The third kappa shape index (κ3) is 4.27. The highest BCUT2D eigenvalue weighted by Crippen LogP contribution is 2.34. The van der Waals surface area contributed by atoms with E-state index in [0.717, 1.165) is 74.8 Å². The number of carbonyl (C=O) groups excluding carboxylic acids is 1. The highest BCUT2D eigenvalue weighted by Gasteiger charge is 2.26. The van der Waals surface area contributed by atoms with Crippen molar-refractivity contribution < 1.29 is 9.53 Å². The Hall–Kier alpha value is -3.04. The molecular formula is C24H28N4O2. The van der Waals surface area contributed by atoms with Gasteiger partial charge in [0.1, 0.15) is 5.75 Å². The fourth-order valence-corrected chi connectivity index (χ4v) is 4.45. The van der Waals surface area contributed by atoms with Gasteiger partial charge in [0.15, 0.2) is 0 Å². The molecule has 2 aliphatic rings. The van der Waals surface area contributed by atoms with E-state index >= 15 is 0 Å². The smallest absolute Gasteiger partial charge is 0.227 e. The molecule has 0 aliphatic carbocycles. The number of fused-ring (bicyclic) bond motifs is 1. The van der Waals surface area contributed by atoms with Crippen molar-refractivity contribution >= 4 is 17.3 Å². The van der Waals surface area contributed by atoms with Crippen molar-refractivity contribution in [3.05, 3.63) is 53.6 Å². The van der Waals surface area contributed by atoms with Crippen molar-refractivity contribution in [1.29, 1.82) is 5.26 Å². The van der Waals surface area contributed by atoms with E-state index in [0.29, 0.717) is 12.0 Å². The van der Waals surface area contributed by atoms with E-state index in [1.807, 2.05) is 41.3 Å². The Labute approximate surface area is 178 Å². The van der Waals surface area contributed by atoms with Gasteiger partial charge in [-0.25, -0.2) is 0 Å². The van der Waals surface area contributed by atoms with Crippen molar-refractivity contribution in [3.8, 4) is 11.8 Å². The van der Waals surface area contributed by atoms with Gasteiger partial charge in [-0.2, -0.15) is 5.26 Å². The second-order valence-electron chi connectivity index (χ2n) is 7.85. The highest BCUT2D eigenvalue weighted by atomic mass is 16.5. The van der Waals surface area contributed by atoms with Crippen LogP contribution in [-0.4, -0.2) is 57.2 Å². The number of methoxy groups -OCH3 is 1. The van der Waals surface area contributed by atoms with Crippen LogP contribution in [0.5, 0.6) is 5.75 Å². The van der Waals surface area contributed by atoms with Crippen molar-refractivity contribution in [2.24, 2.45) is 0 Å². The number of hydrogen-bond donors (Lipinski definition) is 0. The number of nitriles is 1. The van der Waals surface area contributed by atoms with Crippen LogP contribution < -0.4 is 14.5 Å². The predicted octanol–water partition coefficient (Wildman–Crippen LogP) is 3.06. The van der Waals surface area contributed by atoms with Gasteiger partial charge in [0.2, 0.25) is 5.91 Å². The number of nitrogens with zero attached hydrogens (tertiary/aromatic N) is 4. The second-order valence-corrected chi connectivity index (χ2v) is 7.85. The fourth-order valence-electron chi connectivity index (χ4n) is 4.45. The number of ether oxygens (including phenoxy) is 1. The van der Waals surface area contributed by atoms with Crippen LogP contribution in [-0.2, 0) is 11.2 Å². The number of hydrogen-bond acceptors (Lipinski definition) is 5. The molecule has 6 heteroatoms. The summed E-state index contributed by atoms with van der Waals surface area (Å²) in [6.45, 7) is 5.62. The van der Waals surface area contributed by atoms with E-state index in [9.17, 15) is 4.79 Å². The lowest BCUT2D eigenvalue weighted by Gasteiger charge is -2.37. The van der Waals surface area contributed by atoms with Crippen LogP contribution >= 0.6 is 0 Å². The van der Waals surface area contributed by atoms with E-state index in [2.05, 4.69) is 21.9 Å². The van der Waals surface area contributed by atoms with Crippen LogP contribution in [0.2, 0.25) is 0 Å². The second kappa shape index (κ2) is 9.19. The zero-order valence-corrected chi connectivity index (χ0v) is 17.5. The lowest BCUT2D eigenvalue weighted by atomic mass is 10.00. The third-order valence-corrected chi connectivity index (χ3v) is 6.08. The van der Waals surface area contributed by atoms with Gasteiger partial charge in [-0.1, -0.05) is 12.1 Å². The van der Waals surface area contributed by atoms with Gasteiger partial charge in [-0.3, -0.25) is 9.69 Å². The van der Waals surface area contributed by atoms with Crippen LogP contribution in [0.1, 0.15) is 24.0 Å². The van der Waals surface area contributed by atoms with Gasteiger partial charge in [0.25, 0.3) is 0 Å². The van der Waals surface area contributed by atoms with Crippen LogP contribution in [0, 0.1) is 11.3 Å². The molecule has 0 saturated carbocycles. The lowest BCUT2D eigenvalue weighted by molar-refractivity contribution is -0.118. The van der Waals surface area contributed by atoms with Crippen molar-refractivity contribution in [3.63, 3.8) is 0 Å². The lowest BCUT2D eigenvalue weighted by Crippen LogP contribution is -2.47. The normalized spacial score (nSPS) is 16.9. The average Bonchev–Trinajstić information content (AvgIpc) is 2.80. The molecule has 2 aliphatic heterocycles. The summed E-state index contributed by atoms with van der Waals surface area (Å²) in [6, 6.07) is 16.0. The number of amides is 1. The maximum atomic E-state index is 12.5. The molecule has 2 aromatic carbocycles. The molecule has 30 heavy (non-hydrogen) atoms. The Morgan fingerprint density at radius 1 is 1.03 bits per heavy atom. The van der Waals surface area contributed by atoms with Gasteiger partial charge >= 0.3 is 0 Å². The van der Waals surface area contributed by atoms with E-state index in [-0.39, 0.29) is 5.91 Å². The maximum Gasteiger partial charge on any atom is 0.227 e. The first kappa shape index (κ1) is 20.2. The van der Waals surface area contributed by atoms with Gasteiger partial charge in [0, 0.05) is 50.4 Å². The molecule has 4 rings (SSSR count). The Balaban J connectivity index is 1.30. The van der Waals surface area contributed by atoms with Crippen molar-refractivity contribution in [1.82, 2.24) is 4.90 Å². The molecule has 0 N–H and O–H groups in total. The zero-order valence-electron chi connectivity index (χ0n) is 17.5. The molecule has 0 spiro atoms. The fraction of sp³-hybridized carbons (Fsp3) is 0.417. The Morgan fingerprint density at radius 2 is 1.83 bits per heavy atom. The zero-order chi connectivity index (χ0) is 20.9. The third-order valence-electron chi connectivity index (χ3n) is 6.08. The largest absolute Gasteiger partial charge is 0.496 e. The van der Waals surface area contributed by atoms with Crippen LogP contribution in [0.3, 0.4) is 0 Å². The van der Waals surface area contributed by atoms with E-state index in [1.165, 1.54) is 0 Å². The average molecular weight is 405 g/mol. The van der Waals surface area contributed by atoms with Gasteiger partial charge in [0.05, 0.1) is 24.4 Å². The van der Waals surface area contributed by atoms with Crippen LogP contribution in [0.15, 0.2) is 42.5 Å². The molecule has 2 aromatic rings. The number of carbonyl (C=O) groups is 1. The summed E-state index contributed by atoms with van der Waals surface area (Å²) in [6.07, 6.45) is 2.25. The summed E-state index contributed by atoms with van der Waals surface area (Å²) in [5.41, 5.74) is 3.98. The molecule has 0 aromatic heterocycles. The molecule has 0 bridgehead atoms. The molecule has 6 nitrogen and oxygen atoms in total. The summed E-state index contributed by atoms with van der Waals surface area (Å²) >= 11 is 0. The highest BCUT2D eigenvalue weighted by molar-refractivity contribution is 5.96. The summed E-state index contributed by atoms with van der Waals surface area (Å²) in [4.78, 5) is 19.3. The van der Waals surface area contributed by atoms with E-state index < -0.39 is 0 Å². The van der Waals surface area contributed by atoms with Gasteiger partial charge in [-0.15, -0.1) is 0 Å². The number of rotatable bonds is 6. The standard InChI is InChI=1S/C24H28N4O2/c1-30-23-8-3-7-22-21(23)9-10-24(29)28(22)12-4-11-26-13-15-27(16-14-26)20-6-2-5-19(17-20)18-25/h2-3,5-8,17H,4,9-16H2,1H3. The quantitative estimate of drug-likeness (QED) is 0.741. The summed E-state index contributed by atoms with van der Waals surface area (Å²) < 4.78 is 5.49. The Morgan fingerprint density at radius 3 is 2.60 bits per heavy atom. The first-order chi connectivity index (χ1) is 14.7. The Kier molecular flexibility index (Phi) is 6.20. The predicted molar refractivity (Wildman–Crippen MR) is 118 cm³/mol. The molecule has 1 amide bonds. The summed E-state index contributed by atoms with van der Waals surface area (Å²) in [5.74, 6) is 1.08. The van der Waals surface area contributed by atoms with Gasteiger partial charge < -0.3 is 14.5 Å². The molecule has 156 valence electrons. The van der Waals surface area contributed by atoms with E-state index in [1.54, 1.807) is 7.11 Å². The topological polar surface area (TPSA) is 59.8 Å². The molecule has 1 saturated heterocycles. The molecular weight excluding hydrogens is 376 g/mol. The Bertz CT molecular complexity index is 944. The van der Waals surface area contributed by atoms with E-state index in [4.69, 9.17) is 10.00 Å². The molecule has 0 unspecified atom stereocenters. The van der Waals surface area contributed by atoms with Crippen LogP contribution in [0.4, 0.5) is 11.4 Å². The first-order valence-corrected chi connectivity index (χ1v) is 10.6. The maximum absolute atomic E-state index is 12.5. The number of benzene rings is 2. The van der Waals surface area contributed by atoms with Crippen molar-refractivity contribution in [2.45, 2.75) is 19.3 Å². The van der Waals surface area contributed by atoms with Crippen molar-refractivity contribution in [2.75, 3.05) is 56.2 Å². The molecule has 2 heterocycles. The summed E-state index contributed by atoms with van der Waals surface area (Å²) in [5, 5.41) is 9.10. The number of anilines is 2. The summed E-state index contributed by atoms with van der Waals surface area (Å²) in [7, 11) is 1.69. The minimum Gasteiger partial charge on any atom is -0.496 e. The van der Waals surface area contributed by atoms with Gasteiger partial charge in [-0.05, 0) is 49.7 Å². The SMILES string of the molecule is COc1cccc2c1CCC(=O)N2CCCN1CCN(c2cccc(C#N)c2)CC1. The molecule has 1 fully saturated rings. The molecule has 0 radical (unpaired) electrons. The first-order valence-electron chi connectivity index (χ1n) is 10.6. The molecule has 0 atom stereocenters. The minimum atomic E-state index is 0.206. The number of piperazine rings is 1. The monoisotopic (exact) mass is 404 g/mol.